The molecule has 18 heavy (non-hydrogen) atoms. The number of thiocarbonyl (C=S) groups is 1. The molecule has 1 aliphatic heterocycles. The maximum atomic E-state index is 10.8. The lowest BCUT2D eigenvalue weighted by atomic mass is 10.1. The Kier molecular flexibility index (Phi) is 4.25. The lowest BCUT2D eigenvalue weighted by Gasteiger charge is -2.33. The van der Waals surface area contributed by atoms with Crippen molar-refractivity contribution in [1.82, 2.24) is 4.98 Å². The van der Waals surface area contributed by atoms with Gasteiger partial charge in [-0.25, -0.2) is 4.98 Å². The molecule has 2 rings (SSSR count). The molecule has 3 nitrogen and oxygen atoms in total. The van der Waals surface area contributed by atoms with Gasteiger partial charge in [0.25, 0.3) is 0 Å². The number of unbranched alkanes of at least 4 members (excludes halogenated alkanes) is 1. The molecule has 98 valence electrons. The smallest absolute Gasteiger partial charge is 0.154 e. The highest BCUT2D eigenvalue weighted by Gasteiger charge is 2.43. The van der Waals surface area contributed by atoms with Gasteiger partial charge in [0.1, 0.15) is 10.1 Å². The summed E-state index contributed by atoms with van der Waals surface area (Å²) in [5.41, 5.74) is 0.0588. The number of rotatable bonds is 4. The zero-order chi connectivity index (χ0) is 13.2. The summed E-state index contributed by atoms with van der Waals surface area (Å²) in [6.07, 6.45) is 2.78. The van der Waals surface area contributed by atoms with Gasteiger partial charge >= 0.3 is 0 Å². The molecule has 0 amide bonds. The first-order valence-corrected chi connectivity index (χ1v) is 7.59. The maximum absolute atomic E-state index is 10.8. The molecule has 1 unspecified atom stereocenters. The van der Waals surface area contributed by atoms with Crippen LogP contribution < -0.4 is 4.90 Å². The second-order valence-corrected chi connectivity index (χ2v) is 6.22. The van der Waals surface area contributed by atoms with Crippen molar-refractivity contribution in [2.75, 3.05) is 10.7 Å². The van der Waals surface area contributed by atoms with Gasteiger partial charge < -0.3 is 5.11 Å². The molecule has 2 heterocycles. The fourth-order valence-corrected chi connectivity index (χ4v) is 3.54. The van der Waals surface area contributed by atoms with Gasteiger partial charge in [-0.15, -0.1) is 0 Å². The molecule has 1 aliphatic rings. The van der Waals surface area contributed by atoms with Crippen LogP contribution in [-0.2, 0) is 0 Å². The van der Waals surface area contributed by atoms with Crippen molar-refractivity contribution >= 4 is 34.1 Å². The second-order valence-electron chi connectivity index (χ2n) is 4.61. The van der Waals surface area contributed by atoms with Crippen LogP contribution in [0.15, 0.2) is 18.2 Å². The van der Waals surface area contributed by atoms with E-state index < -0.39 is 5.72 Å². The molecule has 5 heteroatoms. The van der Waals surface area contributed by atoms with E-state index in [9.17, 15) is 5.11 Å². The molecule has 0 saturated carbocycles. The maximum Gasteiger partial charge on any atom is 0.154 e. The number of nitrogens with zero attached hydrogens (tertiary/aromatic N) is 2. The van der Waals surface area contributed by atoms with Crippen LogP contribution in [0.25, 0.3) is 0 Å². The summed E-state index contributed by atoms with van der Waals surface area (Å²) in [6, 6.07) is 5.80. The fourth-order valence-electron chi connectivity index (χ4n) is 2.08. The minimum Gasteiger partial charge on any atom is -0.370 e. The van der Waals surface area contributed by atoms with Crippen LogP contribution in [0, 0.1) is 6.92 Å². The molecule has 0 radical (unpaired) electrons. The zero-order valence-electron chi connectivity index (χ0n) is 10.7. The summed E-state index contributed by atoms with van der Waals surface area (Å²) in [4.78, 5) is 6.29. The minimum absolute atomic E-state index is 0.626. The average molecular weight is 282 g/mol. The minimum atomic E-state index is -0.876. The first kappa shape index (κ1) is 13.8. The van der Waals surface area contributed by atoms with Gasteiger partial charge in [-0.1, -0.05) is 43.4 Å². The number of aliphatic hydroxyl groups is 1. The number of thioether (sulfide) groups is 1. The Bertz CT molecular complexity index is 452. The van der Waals surface area contributed by atoms with Crippen LogP contribution in [0.3, 0.4) is 0 Å². The van der Waals surface area contributed by atoms with E-state index in [1.807, 2.05) is 30.0 Å². The van der Waals surface area contributed by atoms with Crippen LogP contribution in [0.1, 0.15) is 31.9 Å². The summed E-state index contributed by atoms with van der Waals surface area (Å²) < 4.78 is 0.715. The second kappa shape index (κ2) is 5.55. The van der Waals surface area contributed by atoms with Crippen LogP contribution in [0.5, 0.6) is 0 Å². The van der Waals surface area contributed by atoms with Crippen molar-refractivity contribution in [3.05, 3.63) is 23.9 Å². The Labute approximate surface area is 118 Å². The third-order valence-electron chi connectivity index (χ3n) is 3.06. The highest BCUT2D eigenvalue weighted by Crippen LogP contribution is 2.38. The van der Waals surface area contributed by atoms with Gasteiger partial charge in [0.15, 0.2) is 5.72 Å². The zero-order valence-corrected chi connectivity index (χ0v) is 12.4. The summed E-state index contributed by atoms with van der Waals surface area (Å²) in [5.74, 6) is 1.38. The SMILES string of the molecule is CCCCC1(O)CSC(=S)N1c1cccc(C)n1. The molecule has 1 saturated heterocycles. The first-order valence-electron chi connectivity index (χ1n) is 6.20. The topological polar surface area (TPSA) is 36.4 Å². The van der Waals surface area contributed by atoms with E-state index in [0.29, 0.717) is 10.1 Å². The molecule has 1 atom stereocenters. The quantitative estimate of drug-likeness (QED) is 0.859. The average Bonchev–Trinajstić information content (AvgIpc) is 2.63. The molecule has 0 aliphatic carbocycles. The first-order chi connectivity index (χ1) is 8.57. The summed E-state index contributed by atoms with van der Waals surface area (Å²) >= 11 is 6.88. The van der Waals surface area contributed by atoms with E-state index in [1.165, 1.54) is 11.8 Å². The predicted molar refractivity (Wildman–Crippen MR) is 81.0 cm³/mol. The molecule has 1 aromatic rings. The van der Waals surface area contributed by atoms with Crippen molar-refractivity contribution in [3.63, 3.8) is 0 Å². The largest absolute Gasteiger partial charge is 0.370 e. The number of hydrogen-bond acceptors (Lipinski definition) is 4. The Hall–Kier alpha value is -0.650. The van der Waals surface area contributed by atoms with Crippen molar-refractivity contribution < 1.29 is 5.11 Å². The van der Waals surface area contributed by atoms with Gasteiger partial charge in [0.2, 0.25) is 0 Å². The Morgan fingerprint density at radius 2 is 2.33 bits per heavy atom. The molecular weight excluding hydrogens is 264 g/mol. The Balaban J connectivity index is 2.30. The van der Waals surface area contributed by atoms with Crippen molar-refractivity contribution in [2.24, 2.45) is 0 Å². The van der Waals surface area contributed by atoms with Crippen LogP contribution >= 0.6 is 24.0 Å². The highest BCUT2D eigenvalue weighted by molar-refractivity contribution is 8.23. The molecule has 1 N–H and O–H groups in total. The van der Waals surface area contributed by atoms with Gasteiger partial charge in [0, 0.05) is 11.4 Å². The molecule has 1 fully saturated rings. The summed E-state index contributed by atoms with van der Waals surface area (Å²) in [5, 5.41) is 10.8. The number of pyridine rings is 1. The molecular formula is C13H18N2OS2. The fraction of sp³-hybridized carbons (Fsp3) is 0.538. The Morgan fingerprint density at radius 1 is 1.56 bits per heavy atom. The Morgan fingerprint density at radius 3 is 3.00 bits per heavy atom. The lowest BCUT2D eigenvalue weighted by molar-refractivity contribution is 0.0667. The molecule has 0 aromatic carbocycles. The van der Waals surface area contributed by atoms with E-state index in [0.717, 1.165) is 30.8 Å². The molecule has 0 bridgehead atoms. The predicted octanol–water partition coefficient (Wildman–Crippen LogP) is 3.11. The van der Waals surface area contributed by atoms with Gasteiger partial charge in [-0.3, -0.25) is 4.90 Å². The van der Waals surface area contributed by atoms with Crippen LogP contribution in [0.2, 0.25) is 0 Å². The van der Waals surface area contributed by atoms with E-state index in [-0.39, 0.29) is 0 Å². The van der Waals surface area contributed by atoms with Crippen molar-refractivity contribution in [2.45, 2.75) is 38.8 Å². The van der Waals surface area contributed by atoms with E-state index in [1.54, 1.807) is 0 Å². The molecule has 0 spiro atoms. The highest BCUT2D eigenvalue weighted by atomic mass is 32.2. The van der Waals surface area contributed by atoms with E-state index in [2.05, 4.69) is 11.9 Å². The van der Waals surface area contributed by atoms with Crippen molar-refractivity contribution in [3.8, 4) is 0 Å². The third-order valence-corrected chi connectivity index (χ3v) is 4.63. The van der Waals surface area contributed by atoms with Crippen LogP contribution in [0.4, 0.5) is 5.82 Å². The van der Waals surface area contributed by atoms with Crippen molar-refractivity contribution in [1.29, 1.82) is 0 Å². The summed E-state index contributed by atoms with van der Waals surface area (Å²) in [6.45, 7) is 4.07. The summed E-state index contributed by atoms with van der Waals surface area (Å²) in [7, 11) is 0. The lowest BCUT2D eigenvalue weighted by Crippen LogP contribution is -2.47. The number of aryl methyl sites for hydroxylation is 1. The monoisotopic (exact) mass is 282 g/mol. The number of hydrogen-bond donors (Lipinski definition) is 1. The van der Waals surface area contributed by atoms with E-state index >= 15 is 0 Å². The van der Waals surface area contributed by atoms with Gasteiger partial charge in [-0.05, 0) is 31.9 Å². The van der Waals surface area contributed by atoms with Gasteiger partial charge in [-0.2, -0.15) is 0 Å². The van der Waals surface area contributed by atoms with Crippen LogP contribution in [-0.4, -0.2) is 25.9 Å². The van der Waals surface area contributed by atoms with Gasteiger partial charge in [0.05, 0.1) is 0 Å². The normalized spacial score (nSPS) is 23.7. The van der Waals surface area contributed by atoms with E-state index in [4.69, 9.17) is 12.2 Å². The number of anilines is 1. The number of aromatic nitrogens is 1. The molecule has 1 aromatic heterocycles. The third kappa shape index (κ3) is 2.68. The standard InChI is InChI=1S/C13H18N2OS2/c1-3-4-8-13(16)9-18-12(17)15(13)11-7-5-6-10(2)14-11/h5-7,16H,3-4,8-9H2,1-2H3.